The number of aryl methyl sites for hydroxylation is 1. The number of likely N-dealkylation sites (tertiary alicyclic amines) is 1. The number of fused-ring (bicyclic) bond motifs is 1. The molecule has 40 heavy (non-hydrogen) atoms. The summed E-state index contributed by atoms with van der Waals surface area (Å²) < 4.78 is 47.5. The van der Waals surface area contributed by atoms with E-state index in [4.69, 9.17) is 37.4 Å². The number of hydrogen-bond donors (Lipinski definition) is 1. The Morgan fingerprint density at radius 1 is 1.12 bits per heavy atom. The second kappa shape index (κ2) is 12.4. The SMILES string of the molecule is Cc1c(Cl)cccc1S(=O)(=O)Nc1ncc2c(c1OCc1ccc(Cl)c(OCC3CCN(C)CC3)c1)OCCC2. The van der Waals surface area contributed by atoms with E-state index in [2.05, 4.69) is 21.7 Å². The third kappa shape index (κ3) is 6.60. The first kappa shape index (κ1) is 28.8. The molecule has 0 spiro atoms. The van der Waals surface area contributed by atoms with Crippen molar-refractivity contribution in [3.8, 4) is 17.2 Å². The predicted molar refractivity (Wildman–Crippen MR) is 157 cm³/mol. The summed E-state index contributed by atoms with van der Waals surface area (Å²) in [6.07, 6.45) is 5.42. The molecule has 2 aliphatic heterocycles. The Morgan fingerprint density at radius 3 is 2.73 bits per heavy atom. The number of halogens is 2. The number of pyridine rings is 1. The average Bonchev–Trinajstić information content (AvgIpc) is 2.94. The molecule has 1 N–H and O–H groups in total. The van der Waals surface area contributed by atoms with Gasteiger partial charge in [0.2, 0.25) is 5.75 Å². The van der Waals surface area contributed by atoms with E-state index in [0.717, 1.165) is 49.9 Å². The second-order valence-corrected chi connectivity index (χ2v) is 12.8. The van der Waals surface area contributed by atoms with Crippen molar-refractivity contribution in [1.82, 2.24) is 9.88 Å². The molecule has 11 heteroatoms. The summed E-state index contributed by atoms with van der Waals surface area (Å²) in [6, 6.07) is 10.2. The fraction of sp³-hybridized carbons (Fsp3) is 0.414. The minimum absolute atomic E-state index is 0.0488. The number of nitrogens with one attached hydrogen (secondary N) is 1. The lowest BCUT2D eigenvalue weighted by Crippen LogP contribution is -2.32. The fourth-order valence-electron chi connectivity index (χ4n) is 4.89. The Kier molecular flexibility index (Phi) is 8.95. The molecule has 0 unspecified atom stereocenters. The van der Waals surface area contributed by atoms with Crippen molar-refractivity contribution in [2.24, 2.45) is 5.92 Å². The molecule has 1 fully saturated rings. The molecule has 0 amide bonds. The molecule has 0 aliphatic carbocycles. The monoisotopic (exact) mass is 605 g/mol. The van der Waals surface area contributed by atoms with Crippen LogP contribution in [0, 0.1) is 12.8 Å². The number of anilines is 1. The maximum absolute atomic E-state index is 13.3. The molecule has 214 valence electrons. The molecular formula is C29H33Cl2N3O5S. The lowest BCUT2D eigenvalue weighted by atomic mass is 9.98. The van der Waals surface area contributed by atoms with Gasteiger partial charge in [-0.1, -0.05) is 35.3 Å². The Balaban J connectivity index is 1.36. The van der Waals surface area contributed by atoms with Crippen molar-refractivity contribution in [1.29, 1.82) is 0 Å². The molecule has 0 radical (unpaired) electrons. The van der Waals surface area contributed by atoms with Crippen molar-refractivity contribution < 1.29 is 22.6 Å². The topological polar surface area (TPSA) is 90.0 Å². The molecule has 3 aromatic rings. The maximum atomic E-state index is 13.3. The first-order valence-corrected chi connectivity index (χ1v) is 15.6. The largest absolute Gasteiger partial charge is 0.492 e. The standard InChI is InChI=1S/C29H33Cl2N3O5S/c1-19-23(30)6-3-7-26(19)40(35,36)33-29-28(27-22(16-32-29)5-4-14-37-27)39-18-21-8-9-24(31)25(15-21)38-17-20-10-12-34(2)13-11-20/h3,6-9,15-16,20H,4-5,10-14,17-18H2,1-2H3,(H,32,33). The molecule has 0 saturated carbocycles. The Labute approximate surface area is 245 Å². The number of piperidine rings is 1. The van der Waals surface area contributed by atoms with Crippen LogP contribution in [0.4, 0.5) is 5.82 Å². The molecule has 1 aromatic heterocycles. The summed E-state index contributed by atoms with van der Waals surface area (Å²) in [5, 5.41) is 0.891. The van der Waals surface area contributed by atoms with Crippen molar-refractivity contribution in [2.75, 3.05) is 38.1 Å². The van der Waals surface area contributed by atoms with Gasteiger partial charge in [-0.05, 0) is 94.1 Å². The molecule has 0 bridgehead atoms. The van der Waals surface area contributed by atoms with Crippen LogP contribution in [0.3, 0.4) is 0 Å². The molecule has 3 heterocycles. The van der Waals surface area contributed by atoms with Crippen molar-refractivity contribution in [3.63, 3.8) is 0 Å². The number of ether oxygens (including phenoxy) is 3. The first-order valence-electron chi connectivity index (χ1n) is 13.4. The van der Waals surface area contributed by atoms with Crippen molar-refractivity contribution in [3.05, 3.63) is 69.3 Å². The maximum Gasteiger partial charge on any atom is 0.263 e. The highest BCUT2D eigenvalue weighted by atomic mass is 35.5. The molecule has 1 saturated heterocycles. The highest BCUT2D eigenvalue weighted by Crippen LogP contribution is 2.41. The van der Waals surface area contributed by atoms with E-state index in [1.54, 1.807) is 31.3 Å². The number of aromatic nitrogens is 1. The van der Waals surface area contributed by atoms with Gasteiger partial charge in [0, 0.05) is 16.8 Å². The quantitative estimate of drug-likeness (QED) is 0.314. The molecule has 2 aromatic carbocycles. The van der Waals surface area contributed by atoms with Gasteiger partial charge >= 0.3 is 0 Å². The van der Waals surface area contributed by atoms with Gasteiger partial charge in [-0.3, -0.25) is 4.72 Å². The minimum Gasteiger partial charge on any atom is -0.492 e. The smallest absolute Gasteiger partial charge is 0.263 e. The predicted octanol–water partition coefficient (Wildman–Crippen LogP) is 6.12. The Hall–Kier alpha value is -2.72. The van der Waals surface area contributed by atoms with E-state index in [-0.39, 0.29) is 23.1 Å². The van der Waals surface area contributed by atoms with Crippen LogP contribution in [0.1, 0.15) is 36.0 Å². The summed E-state index contributed by atoms with van der Waals surface area (Å²) in [7, 11) is -1.87. The van der Waals surface area contributed by atoms with Crippen LogP contribution in [0.5, 0.6) is 17.2 Å². The van der Waals surface area contributed by atoms with E-state index in [1.807, 2.05) is 12.1 Å². The fourth-order valence-corrected chi connectivity index (χ4v) is 6.58. The van der Waals surface area contributed by atoms with Gasteiger partial charge in [0.25, 0.3) is 10.0 Å². The van der Waals surface area contributed by atoms with Crippen LogP contribution in [-0.2, 0) is 23.1 Å². The Morgan fingerprint density at radius 2 is 1.93 bits per heavy atom. The normalized spacial score (nSPS) is 16.2. The van der Waals surface area contributed by atoms with E-state index in [0.29, 0.717) is 46.2 Å². The van der Waals surface area contributed by atoms with Crippen molar-refractivity contribution in [2.45, 2.75) is 44.1 Å². The van der Waals surface area contributed by atoms with Gasteiger partial charge in [0.05, 0.1) is 23.1 Å². The van der Waals surface area contributed by atoms with Gasteiger partial charge in [-0.25, -0.2) is 13.4 Å². The average molecular weight is 607 g/mol. The molecular weight excluding hydrogens is 573 g/mol. The molecule has 2 aliphatic rings. The zero-order chi connectivity index (χ0) is 28.3. The van der Waals surface area contributed by atoms with Crippen LogP contribution < -0.4 is 18.9 Å². The molecule has 5 rings (SSSR count). The third-order valence-electron chi connectivity index (χ3n) is 7.33. The zero-order valence-corrected chi connectivity index (χ0v) is 24.9. The number of benzene rings is 2. The molecule has 0 atom stereocenters. The highest BCUT2D eigenvalue weighted by molar-refractivity contribution is 7.92. The second-order valence-electron chi connectivity index (χ2n) is 10.3. The van der Waals surface area contributed by atoms with Gasteiger partial charge in [-0.15, -0.1) is 0 Å². The van der Waals surface area contributed by atoms with E-state index >= 15 is 0 Å². The lowest BCUT2D eigenvalue weighted by Gasteiger charge is -2.28. The van der Waals surface area contributed by atoms with Gasteiger partial charge < -0.3 is 19.1 Å². The van der Waals surface area contributed by atoms with Crippen molar-refractivity contribution >= 4 is 39.0 Å². The van der Waals surface area contributed by atoms with Crippen LogP contribution in [0.15, 0.2) is 47.5 Å². The first-order chi connectivity index (χ1) is 19.2. The summed E-state index contributed by atoms with van der Waals surface area (Å²) in [4.78, 5) is 6.80. The van der Waals surface area contributed by atoms with E-state index in [1.165, 1.54) is 6.07 Å². The van der Waals surface area contributed by atoms with E-state index < -0.39 is 10.0 Å². The van der Waals surface area contributed by atoms with E-state index in [9.17, 15) is 8.42 Å². The van der Waals surface area contributed by atoms with Crippen LogP contribution in [0.25, 0.3) is 0 Å². The number of sulfonamides is 1. The van der Waals surface area contributed by atoms with Gasteiger partial charge in [0.15, 0.2) is 11.6 Å². The van der Waals surface area contributed by atoms with Crippen LogP contribution in [0.2, 0.25) is 10.0 Å². The number of rotatable bonds is 9. The van der Waals surface area contributed by atoms with Crippen LogP contribution >= 0.6 is 23.2 Å². The summed E-state index contributed by atoms with van der Waals surface area (Å²) >= 11 is 12.6. The van der Waals surface area contributed by atoms with Gasteiger partial charge in [-0.2, -0.15) is 0 Å². The Bertz CT molecular complexity index is 1480. The minimum atomic E-state index is -4.01. The highest BCUT2D eigenvalue weighted by Gasteiger charge is 2.26. The van der Waals surface area contributed by atoms with Crippen LogP contribution in [-0.4, -0.2) is 51.7 Å². The number of nitrogens with zero attached hydrogens (tertiary/aromatic N) is 2. The summed E-state index contributed by atoms with van der Waals surface area (Å²) in [5.41, 5.74) is 2.12. The zero-order valence-electron chi connectivity index (χ0n) is 22.6. The molecule has 8 nitrogen and oxygen atoms in total. The lowest BCUT2D eigenvalue weighted by molar-refractivity contribution is 0.160. The number of hydrogen-bond acceptors (Lipinski definition) is 7. The third-order valence-corrected chi connectivity index (χ3v) is 9.53. The van der Waals surface area contributed by atoms with Gasteiger partial charge in [0.1, 0.15) is 12.4 Å². The summed E-state index contributed by atoms with van der Waals surface area (Å²) in [5.74, 6) is 1.87. The summed E-state index contributed by atoms with van der Waals surface area (Å²) in [6.45, 7) is 5.03.